The fraction of sp³-hybridized carbons (Fsp3) is 0.214. The first-order chi connectivity index (χ1) is 8.77. The fourth-order valence-corrected chi connectivity index (χ4v) is 2.03. The summed E-state index contributed by atoms with van der Waals surface area (Å²) in [7, 11) is 1.66. The van der Waals surface area contributed by atoms with E-state index < -0.39 is 0 Å². The Labute approximate surface area is 107 Å². The van der Waals surface area contributed by atoms with E-state index >= 15 is 0 Å². The van der Waals surface area contributed by atoms with Gasteiger partial charge in [0.25, 0.3) is 0 Å². The molecule has 0 aliphatic rings. The maximum Gasteiger partial charge on any atom is 0.124 e. The minimum atomic E-state index is -0.130. The summed E-state index contributed by atoms with van der Waals surface area (Å²) in [6, 6.07) is 9.66. The van der Waals surface area contributed by atoms with Gasteiger partial charge in [0.2, 0.25) is 0 Å². The van der Waals surface area contributed by atoms with E-state index in [9.17, 15) is 0 Å². The number of benzene rings is 1. The first-order valence-electron chi connectivity index (χ1n) is 5.77. The second-order valence-electron chi connectivity index (χ2n) is 4.07. The Kier molecular flexibility index (Phi) is 3.92. The van der Waals surface area contributed by atoms with Crippen LogP contribution >= 0.6 is 0 Å². The Morgan fingerprint density at radius 3 is 2.67 bits per heavy atom. The van der Waals surface area contributed by atoms with Gasteiger partial charge in [-0.3, -0.25) is 10.8 Å². The number of nitrogens with zero attached hydrogens (tertiary/aromatic N) is 1. The summed E-state index contributed by atoms with van der Waals surface area (Å²) in [6.45, 7) is 2.04. The van der Waals surface area contributed by atoms with Gasteiger partial charge in [0.05, 0.1) is 13.2 Å². The van der Waals surface area contributed by atoms with Crippen molar-refractivity contribution in [3.05, 3.63) is 59.4 Å². The van der Waals surface area contributed by atoms with Gasteiger partial charge in [-0.1, -0.05) is 18.2 Å². The average molecular weight is 243 g/mol. The molecule has 2 aromatic rings. The molecule has 0 fully saturated rings. The van der Waals surface area contributed by atoms with Crippen molar-refractivity contribution >= 4 is 0 Å². The van der Waals surface area contributed by atoms with Gasteiger partial charge in [-0.05, 0) is 30.2 Å². The minimum Gasteiger partial charge on any atom is -0.496 e. The summed E-state index contributed by atoms with van der Waals surface area (Å²) in [5.41, 5.74) is 6.01. The van der Waals surface area contributed by atoms with Gasteiger partial charge in [0.15, 0.2) is 0 Å². The quantitative estimate of drug-likeness (QED) is 0.636. The topological polar surface area (TPSA) is 60.2 Å². The molecule has 1 aromatic heterocycles. The molecular formula is C14H17N3O. The van der Waals surface area contributed by atoms with Crippen molar-refractivity contribution < 1.29 is 4.74 Å². The van der Waals surface area contributed by atoms with E-state index in [0.29, 0.717) is 0 Å². The monoisotopic (exact) mass is 243 g/mol. The van der Waals surface area contributed by atoms with Crippen LogP contribution in [0.15, 0.2) is 42.7 Å². The first kappa shape index (κ1) is 12.5. The van der Waals surface area contributed by atoms with Gasteiger partial charge in [-0.25, -0.2) is 5.43 Å². The highest BCUT2D eigenvalue weighted by atomic mass is 16.5. The zero-order valence-corrected chi connectivity index (χ0v) is 10.6. The summed E-state index contributed by atoms with van der Waals surface area (Å²) in [5.74, 6) is 6.50. The molecule has 1 unspecified atom stereocenters. The molecule has 2 rings (SSSR count). The van der Waals surface area contributed by atoms with Crippen molar-refractivity contribution in [2.75, 3.05) is 7.11 Å². The number of rotatable bonds is 4. The van der Waals surface area contributed by atoms with Crippen molar-refractivity contribution in [2.24, 2.45) is 5.84 Å². The number of aromatic nitrogens is 1. The standard InChI is InChI=1S/C14H17N3O/c1-10-7-8-16-9-12(10)14(17-15)11-5-3-4-6-13(11)18-2/h3-9,14,17H,15H2,1-2H3. The SMILES string of the molecule is COc1ccccc1C(NN)c1cnccc1C. The number of methoxy groups -OCH3 is 1. The molecule has 0 saturated carbocycles. The van der Waals surface area contributed by atoms with E-state index in [2.05, 4.69) is 10.4 Å². The highest BCUT2D eigenvalue weighted by molar-refractivity contribution is 5.42. The molecule has 0 amide bonds. The zero-order valence-electron chi connectivity index (χ0n) is 10.6. The lowest BCUT2D eigenvalue weighted by molar-refractivity contribution is 0.404. The highest BCUT2D eigenvalue weighted by Gasteiger charge is 2.18. The third-order valence-corrected chi connectivity index (χ3v) is 3.01. The summed E-state index contributed by atoms with van der Waals surface area (Å²) < 4.78 is 5.37. The maximum atomic E-state index is 5.70. The molecule has 0 bridgehead atoms. The van der Waals surface area contributed by atoms with E-state index in [0.717, 1.165) is 22.4 Å². The third-order valence-electron chi connectivity index (χ3n) is 3.01. The number of aryl methyl sites for hydroxylation is 1. The van der Waals surface area contributed by atoms with Crippen LogP contribution in [0.2, 0.25) is 0 Å². The molecule has 0 radical (unpaired) electrons. The lowest BCUT2D eigenvalue weighted by Gasteiger charge is -2.20. The number of pyridine rings is 1. The van der Waals surface area contributed by atoms with Gasteiger partial charge < -0.3 is 4.74 Å². The van der Waals surface area contributed by atoms with Gasteiger partial charge in [0.1, 0.15) is 5.75 Å². The number of hydrazine groups is 1. The number of hydrogen-bond donors (Lipinski definition) is 2. The number of hydrogen-bond acceptors (Lipinski definition) is 4. The van der Waals surface area contributed by atoms with Crippen LogP contribution in [0.4, 0.5) is 0 Å². The summed E-state index contributed by atoms with van der Waals surface area (Å²) in [6.07, 6.45) is 3.60. The molecule has 4 nitrogen and oxygen atoms in total. The van der Waals surface area contributed by atoms with Gasteiger partial charge >= 0.3 is 0 Å². The third kappa shape index (κ3) is 2.34. The van der Waals surface area contributed by atoms with Crippen LogP contribution in [-0.2, 0) is 0 Å². The van der Waals surface area contributed by atoms with Crippen molar-refractivity contribution in [1.29, 1.82) is 0 Å². The maximum absolute atomic E-state index is 5.70. The predicted octanol–water partition coefficient (Wildman–Crippen LogP) is 1.95. The molecule has 94 valence electrons. The number of para-hydroxylation sites is 1. The van der Waals surface area contributed by atoms with Crippen molar-refractivity contribution in [3.8, 4) is 5.75 Å². The zero-order chi connectivity index (χ0) is 13.0. The molecular weight excluding hydrogens is 226 g/mol. The van der Waals surface area contributed by atoms with Crippen LogP contribution in [0.3, 0.4) is 0 Å². The Morgan fingerprint density at radius 2 is 2.00 bits per heavy atom. The Morgan fingerprint density at radius 1 is 1.22 bits per heavy atom. The van der Waals surface area contributed by atoms with Crippen molar-refractivity contribution in [3.63, 3.8) is 0 Å². The smallest absolute Gasteiger partial charge is 0.124 e. The summed E-state index contributed by atoms with van der Waals surface area (Å²) >= 11 is 0. The van der Waals surface area contributed by atoms with Gasteiger partial charge in [-0.2, -0.15) is 0 Å². The van der Waals surface area contributed by atoms with Gasteiger partial charge in [0, 0.05) is 18.0 Å². The largest absolute Gasteiger partial charge is 0.496 e. The van der Waals surface area contributed by atoms with E-state index in [1.54, 1.807) is 13.3 Å². The normalized spacial score (nSPS) is 12.2. The number of nitrogens with one attached hydrogen (secondary N) is 1. The van der Waals surface area contributed by atoms with E-state index in [1.807, 2.05) is 43.5 Å². The summed E-state index contributed by atoms with van der Waals surface area (Å²) in [4.78, 5) is 4.16. The lowest BCUT2D eigenvalue weighted by atomic mass is 9.96. The van der Waals surface area contributed by atoms with Crippen molar-refractivity contribution in [2.45, 2.75) is 13.0 Å². The number of ether oxygens (including phenoxy) is 1. The molecule has 3 N–H and O–H groups in total. The highest BCUT2D eigenvalue weighted by Crippen LogP contribution is 2.30. The van der Waals surface area contributed by atoms with E-state index in [-0.39, 0.29) is 6.04 Å². The molecule has 18 heavy (non-hydrogen) atoms. The van der Waals surface area contributed by atoms with E-state index in [1.165, 1.54) is 0 Å². The fourth-order valence-electron chi connectivity index (χ4n) is 2.03. The Bertz CT molecular complexity index is 528. The van der Waals surface area contributed by atoms with Crippen LogP contribution < -0.4 is 16.0 Å². The minimum absolute atomic E-state index is 0.130. The molecule has 1 atom stereocenters. The molecule has 0 aliphatic carbocycles. The lowest BCUT2D eigenvalue weighted by Crippen LogP contribution is -2.29. The molecule has 1 aromatic carbocycles. The Balaban J connectivity index is 2.49. The van der Waals surface area contributed by atoms with Crippen LogP contribution in [0.1, 0.15) is 22.7 Å². The second kappa shape index (κ2) is 5.62. The second-order valence-corrected chi connectivity index (χ2v) is 4.07. The average Bonchev–Trinajstić information content (AvgIpc) is 2.42. The predicted molar refractivity (Wildman–Crippen MR) is 71.1 cm³/mol. The van der Waals surface area contributed by atoms with Crippen LogP contribution in [0.5, 0.6) is 5.75 Å². The van der Waals surface area contributed by atoms with Crippen molar-refractivity contribution in [1.82, 2.24) is 10.4 Å². The number of nitrogens with two attached hydrogens (primary N) is 1. The van der Waals surface area contributed by atoms with Gasteiger partial charge in [-0.15, -0.1) is 0 Å². The molecule has 0 spiro atoms. The molecule has 0 saturated heterocycles. The van der Waals surface area contributed by atoms with E-state index in [4.69, 9.17) is 10.6 Å². The molecule has 1 heterocycles. The van der Waals surface area contributed by atoms with Crippen LogP contribution in [-0.4, -0.2) is 12.1 Å². The van der Waals surface area contributed by atoms with Crippen LogP contribution in [0, 0.1) is 6.92 Å². The molecule has 4 heteroatoms. The first-order valence-corrected chi connectivity index (χ1v) is 5.77. The Hall–Kier alpha value is -1.91. The van der Waals surface area contributed by atoms with Crippen LogP contribution in [0.25, 0.3) is 0 Å². The summed E-state index contributed by atoms with van der Waals surface area (Å²) in [5, 5.41) is 0. The molecule has 0 aliphatic heterocycles.